The minimum Gasteiger partial charge on any atom is -0.459 e. The van der Waals surface area contributed by atoms with Gasteiger partial charge in [-0.15, -0.1) is 0 Å². The first-order valence-electron chi connectivity index (χ1n) is 31.1. The summed E-state index contributed by atoms with van der Waals surface area (Å²) in [4.78, 5) is 32.8. The molecule has 6 rings (SSSR count). The molecule has 466 valence electrons. The van der Waals surface area contributed by atoms with Crippen LogP contribution in [0.15, 0.2) is 84.9 Å². The van der Waals surface area contributed by atoms with Crippen LogP contribution in [0.4, 0.5) is 0 Å². The van der Waals surface area contributed by atoms with Crippen LogP contribution in [0.1, 0.15) is 165 Å². The Bertz CT molecular complexity index is 2360. The first-order valence-corrected chi connectivity index (χ1v) is 32.5. The molecule has 3 aliphatic rings. The summed E-state index contributed by atoms with van der Waals surface area (Å²) in [5, 5.41) is 64.5. The van der Waals surface area contributed by atoms with Crippen molar-refractivity contribution in [1.82, 2.24) is 9.80 Å². The van der Waals surface area contributed by atoms with E-state index in [9.17, 15) is 35.1 Å². The average Bonchev–Trinajstić information content (AvgIpc) is 3.76. The van der Waals surface area contributed by atoms with Crippen molar-refractivity contribution >= 4 is 35.7 Å². The Morgan fingerprint density at radius 2 is 1.29 bits per heavy atom. The molecule has 5 N–H and O–H groups in total. The maximum atomic E-state index is 14.7. The number of cyclic esters (lactones) is 1. The summed E-state index contributed by atoms with van der Waals surface area (Å²) in [5.74, 6) is -3.25. The van der Waals surface area contributed by atoms with Crippen molar-refractivity contribution in [2.75, 3.05) is 27.7 Å². The van der Waals surface area contributed by atoms with Gasteiger partial charge in [0, 0.05) is 38.5 Å². The van der Waals surface area contributed by atoms with Crippen LogP contribution in [0.3, 0.4) is 0 Å². The summed E-state index contributed by atoms with van der Waals surface area (Å²) in [6, 6.07) is 29.6. The van der Waals surface area contributed by atoms with Crippen molar-refractivity contribution in [1.29, 1.82) is 0 Å². The molecule has 15 nitrogen and oxygen atoms in total. The van der Waals surface area contributed by atoms with Crippen molar-refractivity contribution in [2.45, 2.75) is 256 Å². The van der Waals surface area contributed by atoms with Crippen LogP contribution >= 0.6 is 7.92 Å². The van der Waals surface area contributed by atoms with Gasteiger partial charge < -0.3 is 63.8 Å². The van der Waals surface area contributed by atoms with Gasteiger partial charge in [0.15, 0.2) is 12.6 Å². The van der Waals surface area contributed by atoms with Crippen LogP contribution < -0.4 is 15.9 Å². The molecule has 3 saturated heterocycles. The number of carbonyl (C=O) groups excluding carboxylic acids is 2. The van der Waals surface area contributed by atoms with Crippen molar-refractivity contribution < 1.29 is 63.5 Å². The number of benzene rings is 3. The molecule has 18 atom stereocenters. The van der Waals surface area contributed by atoms with Crippen LogP contribution in [0.5, 0.6) is 0 Å². The summed E-state index contributed by atoms with van der Waals surface area (Å²) >= 11 is 0. The third kappa shape index (κ3) is 18.1. The van der Waals surface area contributed by atoms with E-state index in [4.69, 9.17) is 28.4 Å². The van der Waals surface area contributed by atoms with Crippen molar-refractivity contribution in [3.63, 3.8) is 0 Å². The molecule has 0 radical (unpaired) electrons. The number of amides is 1. The maximum absolute atomic E-state index is 14.7. The molecule has 1 amide bonds. The summed E-state index contributed by atoms with van der Waals surface area (Å²) in [6.07, 6.45) is 1.30. The topological polar surface area (TPSA) is 197 Å². The van der Waals surface area contributed by atoms with E-state index in [0.717, 1.165) is 38.5 Å². The molecular weight excluding hydrogens is 1070 g/mol. The van der Waals surface area contributed by atoms with Gasteiger partial charge >= 0.3 is 5.97 Å². The Morgan fingerprint density at radius 3 is 1.84 bits per heavy atom. The van der Waals surface area contributed by atoms with E-state index in [2.05, 4.69) is 84.9 Å². The van der Waals surface area contributed by atoms with E-state index in [0.29, 0.717) is 12.8 Å². The Kier molecular flexibility index (Phi) is 26.1. The van der Waals surface area contributed by atoms with Gasteiger partial charge in [-0.05, 0) is 136 Å². The predicted molar refractivity (Wildman–Crippen MR) is 328 cm³/mol. The number of hydrogen-bond donors (Lipinski definition) is 5. The first-order chi connectivity index (χ1) is 39.3. The highest BCUT2D eigenvalue weighted by Gasteiger charge is 2.53. The van der Waals surface area contributed by atoms with E-state index >= 15 is 0 Å². The summed E-state index contributed by atoms with van der Waals surface area (Å²) in [6.45, 7) is 17.4. The standard InChI is InChI=1S/C67H105N2O13P/c1-14-55-67(10,76)60(72)48(6)69(56(70)35-29-21-19-17-15-16-18-20-24-30-50-36-38-53(39-37-50)83(51-31-25-22-26-32-51)52-33-27-23-28-34-52)43-44(2)41-65(8,75)62(82-64-58(71)54(68(11)12)40-45(3)78-64)46(4)59(47(5)63(74)80-55)81-57-42-66(9,77-13)61(73)49(7)79-57/h22-23,25-28,31-34,36-39,44-49,54-55,57-62,64,71-73,75-76H,14-21,24,29-30,35,40-43H2,1-13H3/t44-,45-,46+,47-,48-,49+,54+,55-,57+,58-,59+,60-,61+,62-,64+,65-,66-,67-/m1/s1. The van der Waals surface area contributed by atoms with Crippen molar-refractivity contribution in [3.8, 4) is 0 Å². The highest BCUT2D eigenvalue weighted by molar-refractivity contribution is 7.79. The van der Waals surface area contributed by atoms with E-state index in [-0.39, 0.29) is 50.3 Å². The molecule has 3 aliphatic heterocycles. The number of methoxy groups -OCH3 is 1. The Hall–Kier alpha value is -3.41. The number of hydrogen-bond acceptors (Lipinski definition) is 14. The van der Waals surface area contributed by atoms with E-state index in [1.165, 1.54) is 54.8 Å². The molecule has 0 aromatic heterocycles. The van der Waals surface area contributed by atoms with Gasteiger partial charge in [0.2, 0.25) is 5.91 Å². The van der Waals surface area contributed by atoms with Crippen LogP contribution in [-0.2, 0) is 44.4 Å². The number of unbranched alkanes of at least 4 members (excludes halogenated alkanes) is 8. The minimum absolute atomic E-state index is 0.0763. The molecule has 3 aromatic rings. The van der Waals surface area contributed by atoms with Gasteiger partial charge in [-0.3, -0.25) is 9.59 Å². The highest BCUT2D eigenvalue weighted by atomic mass is 31.1. The normalized spacial score (nSPS) is 35.2. The smallest absolute Gasteiger partial charge is 0.311 e. The maximum Gasteiger partial charge on any atom is 0.311 e. The van der Waals surface area contributed by atoms with Crippen LogP contribution in [0, 0.1) is 17.8 Å². The molecule has 3 fully saturated rings. The number of carbonyl (C=O) groups is 2. The number of aliphatic hydroxyl groups is 5. The van der Waals surface area contributed by atoms with Gasteiger partial charge in [0.25, 0.3) is 0 Å². The van der Waals surface area contributed by atoms with E-state index in [1.54, 1.807) is 53.4 Å². The number of aryl methyl sites for hydroxylation is 1. The van der Waals surface area contributed by atoms with Gasteiger partial charge in [0.1, 0.15) is 30.0 Å². The molecule has 16 heteroatoms. The molecule has 0 unspecified atom stereocenters. The quantitative estimate of drug-likeness (QED) is 0.0364. The Labute approximate surface area is 498 Å². The zero-order valence-electron chi connectivity index (χ0n) is 52.4. The Morgan fingerprint density at radius 1 is 0.735 bits per heavy atom. The fraction of sp³-hybridized carbons (Fsp3) is 0.701. The molecule has 3 aromatic carbocycles. The number of aliphatic hydroxyl groups excluding tert-OH is 3. The second-order valence-corrected chi connectivity index (χ2v) is 27.8. The molecule has 0 aliphatic carbocycles. The monoisotopic (exact) mass is 1180 g/mol. The van der Waals surface area contributed by atoms with Gasteiger partial charge in [-0.2, -0.15) is 0 Å². The van der Waals surface area contributed by atoms with Gasteiger partial charge in [-0.1, -0.05) is 151 Å². The lowest BCUT2D eigenvalue weighted by molar-refractivity contribution is -0.318. The SMILES string of the molecule is CC[C@H]1OC(=O)[C@H](C)[C@@H](O[C@H]2C[C@@](C)(OC)[C@@H](O)[C@H](C)O2)[C@H](C)[C@@H](O[C@@H]2O[C@H](C)C[C@H](N(C)C)[C@H]2O)[C@](C)(O)C[C@@H](C)CN(C(=O)CCCCCCCCCCCc2ccc(P(c3ccccc3)c3ccccc3)cc2)[C@H](C)[C@@H](O)[C@]1(C)O. The second kappa shape index (κ2) is 31.5. The molecular formula is C67H105N2O13P. The number of likely N-dealkylation sites (N-methyl/N-ethyl adjacent to an activating group) is 1. The third-order valence-corrected chi connectivity index (χ3v) is 20.8. The van der Waals surface area contributed by atoms with Crippen molar-refractivity contribution in [2.24, 2.45) is 17.8 Å². The lowest BCUT2D eigenvalue weighted by Gasteiger charge is -2.48. The van der Waals surface area contributed by atoms with Gasteiger partial charge in [-0.25, -0.2) is 0 Å². The minimum atomic E-state index is -2.00. The number of esters is 1. The fourth-order valence-electron chi connectivity index (χ4n) is 13.2. The van der Waals surface area contributed by atoms with Crippen LogP contribution in [0.2, 0.25) is 0 Å². The third-order valence-electron chi connectivity index (χ3n) is 18.3. The zero-order chi connectivity index (χ0) is 60.8. The van der Waals surface area contributed by atoms with Crippen LogP contribution in [0.25, 0.3) is 0 Å². The number of nitrogens with zero attached hydrogens (tertiary/aromatic N) is 2. The fourth-order valence-corrected chi connectivity index (χ4v) is 15.5. The lowest BCUT2D eigenvalue weighted by Crippen LogP contribution is -2.60. The number of ether oxygens (including phenoxy) is 6. The molecule has 3 heterocycles. The van der Waals surface area contributed by atoms with Gasteiger partial charge in [0.05, 0.1) is 47.6 Å². The summed E-state index contributed by atoms with van der Waals surface area (Å²) in [5.41, 5.74) is -3.40. The molecule has 0 saturated carbocycles. The molecule has 0 spiro atoms. The van der Waals surface area contributed by atoms with E-state index in [1.807, 2.05) is 32.8 Å². The summed E-state index contributed by atoms with van der Waals surface area (Å²) in [7, 11) is 4.65. The molecule has 83 heavy (non-hydrogen) atoms. The van der Waals surface area contributed by atoms with Crippen LogP contribution in [-0.4, -0.2) is 165 Å². The largest absolute Gasteiger partial charge is 0.459 e. The van der Waals surface area contributed by atoms with E-state index < -0.39 is 110 Å². The molecule has 0 bridgehead atoms. The average molecular weight is 1180 g/mol. The Balaban J connectivity index is 1.10. The number of rotatable bonds is 22. The summed E-state index contributed by atoms with van der Waals surface area (Å²) < 4.78 is 38.2. The zero-order valence-corrected chi connectivity index (χ0v) is 53.3. The van der Waals surface area contributed by atoms with Crippen molar-refractivity contribution in [3.05, 3.63) is 90.5 Å². The second-order valence-electron chi connectivity index (χ2n) is 25.6. The highest BCUT2D eigenvalue weighted by Crippen LogP contribution is 2.41. The first kappa shape index (κ1) is 68.7. The lowest BCUT2D eigenvalue weighted by atomic mass is 9.77. The predicted octanol–water partition coefficient (Wildman–Crippen LogP) is 8.70.